The van der Waals surface area contributed by atoms with E-state index in [1.165, 1.54) is 12.8 Å². The lowest BCUT2D eigenvalue weighted by atomic mass is 10.1. The number of hydrogen-bond acceptors (Lipinski definition) is 3. The Balaban J connectivity index is 2.02. The topological polar surface area (TPSA) is 38.3 Å². The van der Waals surface area contributed by atoms with Crippen LogP contribution in [-0.2, 0) is 9.53 Å². The smallest absolute Gasteiger partial charge is 0.320 e. The van der Waals surface area contributed by atoms with Gasteiger partial charge >= 0.3 is 5.97 Å². The molecule has 0 aromatic rings. The third-order valence-electron chi connectivity index (χ3n) is 2.66. The van der Waals surface area contributed by atoms with Crippen molar-refractivity contribution in [3.63, 3.8) is 0 Å². The van der Waals surface area contributed by atoms with Gasteiger partial charge < -0.3 is 10.1 Å². The van der Waals surface area contributed by atoms with Crippen molar-refractivity contribution in [2.75, 3.05) is 13.1 Å². The zero-order chi connectivity index (χ0) is 10.6. The molecule has 0 radical (unpaired) electrons. The highest BCUT2D eigenvalue weighted by molar-refractivity contribution is 5.71. The monoisotopic (exact) mass is 199 g/mol. The minimum Gasteiger partial charge on any atom is -0.461 e. The van der Waals surface area contributed by atoms with E-state index in [1.54, 1.807) is 0 Å². The van der Waals surface area contributed by atoms with E-state index < -0.39 is 0 Å². The second-order valence-corrected chi connectivity index (χ2v) is 4.51. The van der Waals surface area contributed by atoms with Crippen LogP contribution in [-0.4, -0.2) is 25.2 Å². The largest absolute Gasteiger partial charge is 0.461 e. The van der Waals surface area contributed by atoms with E-state index in [0.29, 0.717) is 12.5 Å². The Labute approximate surface area is 86.2 Å². The molecule has 0 aromatic heterocycles. The standard InChI is InChI=1S/C11H21NO2/c1-8(2)9(3)14-11(13)7-12-6-10-4-5-10/h8-10,12H,4-7H2,1-3H3. The summed E-state index contributed by atoms with van der Waals surface area (Å²) in [7, 11) is 0. The summed E-state index contributed by atoms with van der Waals surface area (Å²) in [5.41, 5.74) is 0. The number of esters is 1. The molecule has 1 fully saturated rings. The van der Waals surface area contributed by atoms with Gasteiger partial charge in [0.05, 0.1) is 6.54 Å². The SMILES string of the molecule is CC(C)C(C)OC(=O)CNCC1CC1. The van der Waals surface area contributed by atoms with E-state index in [2.05, 4.69) is 19.2 Å². The molecular formula is C11H21NO2. The van der Waals surface area contributed by atoms with Crippen molar-refractivity contribution in [1.29, 1.82) is 0 Å². The second-order valence-electron chi connectivity index (χ2n) is 4.51. The fourth-order valence-corrected chi connectivity index (χ4v) is 1.09. The first-order valence-electron chi connectivity index (χ1n) is 5.49. The zero-order valence-corrected chi connectivity index (χ0v) is 9.38. The van der Waals surface area contributed by atoms with Gasteiger partial charge in [-0.25, -0.2) is 0 Å². The normalized spacial score (nSPS) is 18.3. The van der Waals surface area contributed by atoms with Gasteiger partial charge in [0.2, 0.25) is 0 Å². The van der Waals surface area contributed by atoms with Gasteiger partial charge in [0.1, 0.15) is 6.10 Å². The van der Waals surface area contributed by atoms with E-state index in [4.69, 9.17) is 4.74 Å². The van der Waals surface area contributed by atoms with Crippen LogP contribution in [0, 0.1) is 11.8 Å². The van der Waals surface area contributed by atoms with Crippen LogP contribution < -0.4 is 5.32 Å². The molecule has 3 heteroatoms. The quantitative estimate of drug-likeness (QED) is 0.660. The summed E-state index contributed by atoms with van der Waals surface area (Å²) in [6, 6.07) is 0. The molecule has 0 heterocycles. The summed E-state index contributed by atoms with van der Waals surface area (Å²) in [6.07, 6.45) is 2.64. The number of rotatable bonds is 6. The Kier molecular flexibility index (Phi) is 4.39. The highest BCUT2D eigenvalue weighted by atomic mass is 16.5. The molecular weight excluding hydrogens is 178 g/mol. The maximum atomic E-state index is 11.3. The Morgan fingerprint density at radius 1 is 1.43 bits per heavy atom. The van der Waals surface area contributed by atoms with Gasteiger partial charge in [-0.15, -0.1) is 0 Å². The molecule has 0 bridgehead atoms. The van der Waals surface area contributed by atoms with E-state index in [1.807, 2.05) is 6.92 Å². The Morgan fingerprint density at radius 2 is 2.07 bits per heavy atom. The summed E-state index contributed by atoms with van der Waals surface area (Å²) in [5, 5.41) is 3.12. The maximum absolute atomic E-state index is 11.3. The highest BCUT2D eigenvalue weighted by Crippen LogP contribution is 2.27. The number of hydrogen-bond donors (Lipinski definition) is 1. The van der Waals surface area contributed by atoms with Gasteiger partial charge in [-0.3, -0.25) is 4.79 Å². The van der Waals surface area contributed by atoms with Crippen LogP contribution in [0.1, 0.15) is 33.6 Å². The molecule has 1 rings (SSSR count). The summed E-state index contributed by atoms with van der Waals surface area (Å²) >= 11 is 0. The molecule has 0 aliphatic heterocycles. The summed E-state index contributed by atoms with van der Waals surface area (Å²) in [6.45, 7) is 7.35. The first-order chi connectivity index (χ1) is 6.59. The van der Waals surface area contributed by atoms with Crippen molar-refractivity contribution in [3.8, 4) is 0 Å². The molecule has 0 aromatic carbocycles. The highest BCUT2D eigenvalue weighted by Gasteiger charge is 2.21. The van der Waals surface area contributed by atoms with Gasteiger partial charge in [0, 0.05) is 0 Å². The lowest BCUT2D eigenvalue weighted by molar-refractivity contribution is -0.149. The van der Waals surface area contributed by atoms with Crippen LogP contribution in [0.15, 0.2) is 0 Å². The van der Waals surface area contributed by atoms with Gasteiger partial charge in [0.25, 0.3) is 0 Å². The van der Waals surface area contributed by atoms with E-state index >= 15 is 0 Å². The van der Waals surface area contributed by atoms with Crippen LogP contribution in [0.3, 0.4) is 0 Å². The Bertz CT molecular complexity index is 188. The third kappa shape index (κ3) is 4.61. The van der Waals surface area contributed by atoms with Gasteiger partial charge in [0.15, 0.2) is 0 Å². The number of nitrogens with one attached hydrogen (secondary N) is 1. The first-order valence-corrected chi connectivity index (χ1v) is 5.49. The predicted molar refractivity (Wildman–Crippen MR) is 56.0 cm³/mol. The van der Waals surface area contributed by atoms with Crippen LogP contribution in [0.5, 0.6) is 0 Å². The van der Waals surface area contributed by atoms with Crippen molar-refractivity contribution in [1.82, 2.24) is 5.32 Å². The number of ether oxygens (including phenoxy) is 1. The van der Waals surface area contributed by atoms with Crippen LogP contribution in [0.25, 0.3) is 0 Å². The molecule has 1 aliphatic carbocycles. The van der Waals surface area contributed by atoms with Gasteiger partial charge in [-0.05, 0) is 38.1 Å². The lowest BCUT2D eigenvalue weighted by Crippen LogP contribution is -2.30. The fraction of sp³-hybridized carbons (Fsp3) is 0.909. The predicted octanol–water partition coefficient (Wildman–Crippen LogP) is 1.57. The lowest BCUT2D eigenvalue weighted by Gasteiger charge is -2.16. The Morgan fingerprint density at radius 3 is 2.57 bits per heavy atom. The molecule has 3 nitrogen and oxygen atoms in total. The van der Waals surface area contributed by atoms with E-state index in [0.717, 1.165) is 12.5 Å². The first kappa shape index (κ1) is 11.5. The summed E-state index contributed by atoms with van der Waals surface area (Å²) in [5.74, 6) is 1.07. The van der Waals surface area contributed by atoms with E-state index in [-0.39, 0.29) is 12.1 Å². The second kappa shape index (κ2) is 5.35. The van der Waals surface area contributed by atoms with Crippen LogP contribution in [0.2, 0.25) is 0 Å². The van der Waals surface area contributed by atoms with Crippen molar-refractivity contribution < 1.29 is 9.53 Å². The summed E-state index contributed by atoms with van der Waals surface area (Å²) in [4.78, 5) is 11.3. The molecule has 0 amide bonds. The average molecular weight is 199 g/mol. The molecule has 1 atom stereocenters. The maximum Gasteiger partial charge on any atom is 0.320 e. The van der Waals surface area contributed by atoms with Crippen LogP contribution >= 0.6 is 0 Å². The van der Waals surface area contributed by atoms with Crippen molar-refractivity contribution in [2.24, 2.45) is 11.8 Å². The minimum absolute atomic E-state index is 0.0187. The molecule has 82 valence electrons. The molecule has 1 N–H and O–H groups in total. The fourth-order valence-electron chi connectivity index (χ4n) is 1.09. The number of carbonyl (C=O) groups excluding carboxylic acids is 1. The van der Waals surface area contributed by atoms with Gasteiger partial charge in [-0.1, -0.05) is 13.8 Å². The van der Waals surface area contributed by atoms with Crippen LogP contribution in [0.4, 0.5) is 0 Å². The third-order valence-corrected chi connectivity index (χ3v) is 2.66. The molecule has 0 saturated heterocycles. The number of carbonyl (C=O) groups is 1. The molecule has 1 saturated carbocycles. The zero-order valence-electron chi connectivity index (χ0n) is 9.38. The van der Waals surface area contributed by atoms with Crippen molar-refractivity contribution >= 4 is 5.97 Å². The molecule has 1 aliphatic rings. The molecule has 0 spiro atoms. The van der Waals surface area contributed by atoms with E-state index in [9.17, 15) is 4.79 Å². The van der Waals surface area contributed by atoms with Gasteiger partial charge in [-0.2, -0.15) is 0 Å². The molecule has 1 unspecified atom stereocenters. The average Bonchev–Trinajstić information content (AvgIpc) is 2.87. The Hall–Kier alpha value is -0.570. The van der Waals surface area contributed by atoms with Crippen molar-refractivity contribution in [3.05, 3.63) is 0 Å². The minimum atomic E-state index is -0.133. The van der Waals surface area contributed by atoms with Crippen molar-refractivity contribution in [2.45, 2.75) is 39.7 Å². The molecule has 14 heavy (non-hydrogen) atoms. The summed E-state index contributed by atoms with van der Waals surface area (Å²) < 4.78 is 5.21.